The lowest BCUT2D eigenvalue weighted by Gasteiger charge is -2.11. The Morgan fingerprint density at radius 3 is 1.65 bits per heavy atom. The lowest BCUT2D eigenvalue weighted by atomic mass is 9.99. The first-order chi connectivity index (χ1) is 24.2. The van der Waals surface area contributed by atoms with Crippen molar-refractivity contribution in [2.45, 2.75) is 0 Å². The molecule has 5 nitrogen and oxygen atoms in total. The molecule has 0 saturated heterocycles. The first-order valence-corrected chi connectivity index (χ1v) is 16.2. The van der Waals surface area contributed by atoms with E-state index in [1.54, 1.807) is 0 Å². The van der Waals surface area contributed by atoms with Crippen LogP contribution >= 0.6 is 0 Å². The molecule has 230 valence electrons. The number of hydrogen-bond acceptors (Lipinski definition) is 5. The molecule has 0 unspecified atom stereocenters. The quantitative estimate of drug-likeness (QED) is 0.183. The summed E-state index contributed by atoms with van der Waals surface area (Å²) in [6.07, 6.45) is 1.87. The Morgan fingerprint density at radius 1 is 0.388 bits per heavy atom. The van der Waals surface area contributed by atoms with E-state index in [9.17, 15) is 0 Å². The van der Waals surface area contributed by atoms with Crippen molar-refractivity contribution in [2.75, 3.05) is 0 Å². The highest BCUT2D eigenvalue weighted by molar-refractivity contribution is 5.94. The third-order valence-corrected chi connectivity index (χ3v) is 8.84. The van der Waals surface area contributed by atoms with Crippen molar-refractivity contribution in [3.63, 3.8) is 0 Å². The normalized spacial score (nSPS) is 11.3. The minimum atomic E-state index is 0.595. The van der Waals surface area contributed by atoms with Gasteiger partial charge >= 0.3 is 0 Å². The van der Waals surface area contributed by atoms with Crippen LogP contribution in [0.25, 0.3) is 89.6 Å². The highest BCUT2D eigenvalue weighted by Gasteiger charge is 2.14. The van der Waals surface area contributed by atoms with Gasteiger partial charge in [-0.1, -0.05) is 121 Å². The van der Waals surface area contributed by atoms with E-state index in [4.69, 9.17) is 14.4 Å². The van der Waals surface area contributed by atoms with E-state index in [0.717, 1.165) is 72.3 Å². The predicted octanol–water partition coefficient (Wildman–Crippen LogP) is 11.2. The van der Waals surface area contributed by atoms with Crippen LogP contribution in [0, 0.1) is 0 Å². The minimum absolute atomic E-state index is 0.595. The minimum Gasteiger partial charge on any atom is -0.436 e. The maximum atomic E-state index is 6.02. The summed E-state index contributed by atoms with van der Waals surface area (Å²) in [4.78, 5) is 19.4. The number of benzene rings is 6. The van der Waals surface area contributed by atoms with Crippen molar-refractivity contribution < 1.29 is 4.42 Å². The molecule has 0 saturated carbocycles. The number of nitrogens with zero attached hydrogens (tertiary/aromatic N) is 4. The van der Waals surface area contributed by atoms with Gasteiger partial charge in [-0.05, 0) is 64.7 Å². The van der Waals surface area contributed by atoms with Crippen molar-refractivity contribution in [1.82, 2.24) is 19.9 Å². The van der Waals surface area contributed by atoms with E-state index >= 15 is 0 Å². The van der Waals surface area contributed by atoms with E-state index < -0.39 is 0 Å². The Morgan fingerprint density at radius 2 is 0.939 bits per heavy atom. The molecule has 0 spiro atoms. The standard InChI is InChI=1S/C44H28N4O/c1-2-8-29(9-3-1)30-14-22-34(23-15-30)43-46-40(32-18-16-31(17-19-32)36-26-27-45-38-11-5-4-10-37(36)38)28-41(47-43)33-20-24-35(25-21-33)44-48-39-12-6-7-13-42(39)49-44/h1-28H. The van der Waals surface area contributed by atoms with Gasteiger partial charge in [0.15, 0.2) is 11.4 Å². The van der Waals surface area contributed by atoms with Crippen LogP contribution in [0.4, 0.5) is 0 Å². The molecule has 0 bridgehead atoms. The molecule has 6 aromatic carbocycles. The number of aromatic nitrogens is 4. The second-order valence-electron chi connectivity index (χ2n) is 11.9. The van der Waals surface area contributed by atoms with E-state index in [1.807, 2.05) is 60.8 Å². The largest absolute Gasteiger partial charge is 0.436 e. The Bertz CT molecular complexity index is 2540. The smallest absolute Gasteiger partial charge is 0.227 e. The second kappa shape index (κ2) is 12.1. The van der Waals surface area contributed by atoms with Crippen molar-refractivity contribution in [3.05, 3.63) is 170 Å². The van der Waals surface area contributed by atoms with Crippen LogP contribution in [0.5, 0.6) is 0 Å². The highest BCUT2D eigenvalue weighted by Crippen LogP contribution is 2.33. The van der Waals surface area contributed by atoms with E-state index in [1.165, 1.54) is 5.56 Å². The zero-order chi connectivity index (χ0) is 32.6. The summed E-state index contributed by atoms with van der Waals surface area (Å²) in [5.74, 6) is 1.26. The summed E-state index contributed by atoms with van der Waals surface area (Å²) >= 11 is 0. The highest BCUT2D eigenvalue weighted by atomic mass is 16.3. The summed E-state index contributed by atoms with van der Waals surface area (Å²) in [5.41, 5.74) is 12.7. The SMILES string of the molecule is c1ccc(-c2ccc(-c3nc(-c4ccc(-c5nc6ccccc6o5)cc4)cc(-c4ccc(-c5ccnc6ccccc56)cc4)n3)cc2)cc1. The first kappa shape index (κ1) is 28.5. The van der Waals surface area contributed by atoms with Gasteiger partial charge in [0, 0.05) is 33.8 Å². The van der Waals surface area contributed by atoms with Crippen molar-refractivity contribution in [1.29, 1.82) is 0 Å². The zero-order valence-corrected chi connectivity index (χ0v) is 26.4. The van der Waals surface area contributed by atoms with Crippen LogP contribution in [0.1, 0.15) is 0 Å². The van der Waals surface area contributed by atoms with Crippen LogP contribution in [0.2, 0.25) is 0 Å². The summed E-state index contributed by atoms with van der Waals surface area (Å²) in [6, 6.07) is 55.8. The van der Waals surface area contributed by atoms with Gasteiger partial charge in [-0.25, -0.2) is 15.0 Å². The van der Waals surface area contributed by atoms with Crippen LogP contribution < -0.4 is 0 Å². The number of rotatable bonds is 6. The fourth-order valence-corrected chi connectivity index (χ4v) is 6.26. The monoisotopic (exact) mass is 628 g/mol. The average molecular weight is 629 g/mol. The van der Waals surface area contributed by atoms with Gasteiger partial charge in [-0.3, -0.25) is 4.98 Å². The molecule has 3 heterocycles. The van der Waals surface area contributed by atoms with Gasteiger partial charge in [-0.2, -0.15) is 0 Å². The van der Waals surface area contributed by atoms with Crippen LogP contribution in [-0.2, 0) is 0 Å². The Labute approximate surface area is 283 Å². The summed E-state index contributed by atoms with van der Waals surface area (Å²) in [7, 11) is 0. The van der Waals surface area contributed by atoms with Crippen molar-refractivity contribution >= 4 is 22.0 Å². The Balaban J connectivity index is 1.11. The fourth-order valence-electron chi connectivity index (χ4n) is 6.26. The second-order valence-corrected chi connectivity index (χ2v) is 11.9. The molecule has 5 heteroatoms. The summed E-state index contributed by atoms with van der Waals surface area (Å²) < 4.78 is 6.02. The van der Waals surface area contributed by atoms with Gasteiger partial charge in [0.05, 0.1) is 16.9 Å². The maximum Gasteiger partial charge on any atom is 0.227 e. The molecule has 0 atom stereocenters. The van der Waals surface area contributed by atoms with Crippen molar-refractivity contribution in [3.8, 4) is 67.6 Å². The number of oxazole rings is 1. The third kappa shape index (κ3) is 5.53. The molecule has 0 aliphatic heterocycles. The van der Waals surface area contributed by atoms with E-state index in [-0.39, 0.29) is 0 Å². The summed E-state index contributed by atoms with van der Waals surface area (Å²) in [6.45, 7) is 0. The molecule has 0 amide bonds. The summed E-state index contributed by atoms with van der Waals surface area (Å²) in [5, 5.41) is 1.13. The molecular formula is C44H28N4O. The molecule has 0 fully saturated rings. The lowest BCUT2D eigenvalue weighted by molar-refractivity contribution is 0.620. The third-order valence-electron chi connectivity index (χ3n) is 8.84. The Hall–Kier alpha value is -6.72. The van der Waals surface area contributed by atoms with Crippen LogP contribution in [0.3, 0.4) is 0 Å². The molecule has 0 aliphatic rings. The van der Waals surface area contributed by atoms with Gasteiger partial charge in [0.2, 0.25) is 5.89 Å². The van der Waals surface area contributed by atoms with Gasteiger partial charge in [0.25, 0.3) is 0 Å². The number of para-hydroxylation sites is 3. The molecule has 9 aromatic rings. The molecule has 0 N–H and O–H groups in total. The van der Waals surface area contributed by atoms with Gasteiger partial charge < -0.3 is 4.42 Å². The van der Waals surface area contributed by atoms with Gasteiger partial charge in [-0.15, -0.1) is 0 Å². The van der Waals surface area contributed by atoms with Gasteiger partial charge in [0.1, 0.15) is 5.52 Å². The number of fused-ring (bicyclic) bond motifs is 2. The van der Waals surface area contributed by atoms with Crippen molar-refractivity contribution in [2.24, 2.45) is 0 Å². The first-order valence-electron chi connectivity index (χ1n) is 16.2. The fraction of sp³-hybridized carbons (Fsp3) is 0. The van der Waals surface area contributed by atoms with E-state index in [2.05, 4.69) is 119 Å². The molecule has 9 rings (SSSR count). The van der Waals surface area contributed by atoms with Crippen LogP contribution in [0.15, 0.2) is 174 Å². The number of hydrogen-bond donors (Lipinski definition) is 0. The molecule has 0 radical (unpaired) electrons. The number of pyridine rings is 1. The molecule has 49 heavy (non-hydrogen) atoms. The van der Waals surface area contributed by atoms with E-state index in [0.29, 0.717) is 11.7 Å². The molecule has 3 aromatic heterocycles. The lowest BCUT2D eigenvalue weighted by Crippen LogP contribution is -1.96. The zero-order valence-electron chi connectivity index (χ0n) is 26.4. The topological polar surface area (TPSA) is 64.7 Å². The van der Waals surface area contributed by atoms with Crippen LogP contribution in [-0.4, -0.2) is 19.9 Å². The molecule has 0 aliphatic carbocycles. The predicted molar refractivity (Wildman–Crippen MR) is 198 cm³/mol. The average Bonchev–Trinajstić information content (AvgIpc) is 3.63. The molecular weight excluding hydrogens is 601 g/mol. The Kier molecular flexibility index (Phi) is 7.06. The maximum absolute atomic E-state index is 6.02.